The molecule has 1 aliphatic carbocycles. The zero-order chi connectivity index (χ0) is 24.3. The van der Waals surface area contributed by atoms with E-state index in [1.54, 1.807) is 11.0 Å². The Morgan fingerprint density at radius 2 is 2.15 bits per heavy atom. The van der Waals surface area contributed by atoms with Gasteiger partial charge in [0, 0.05) is 54.6 Å². The van der Waals surface area contributed by atoms with E-state index >= 15 is 4.39 Å². The van der Waals surface area contributed by atoms with Crippen molar-refractivity contribution in [2.75, 3.05) is 31.7 Å². The number of anilines is 2. The second kappa shape index (κ2) is 7.92. The summed E-state index contributed by atoms with van der Waals surface area (Å²) in [5.74, 6) is -0.648. The molecule has 1 spiro atoms. The number of nitrogens with zero attached hydrogens (tertiary/aromatic N) is 5. The molecule has 178 valence electrons. The molecule has 0 radical (unpaired) electrons. The predicted molar refractivity (Wildman–Crippen MR) is 126 cm³/mol. The Hall–Kier alpha value is -3.24. The molecule has 1 aliphatic heterocycles. The van der Waals surface area contributed by atoms with Crippen molar-refractivity contribution in [2.24, 2.45) is 0 Å². The van der Waals surface area contributed by atoms with Gasteiger partial charge in [0.25, 0.3) is 5.91 Å². The van der Waals surface area contributed by atoms with Crippen LogP contribution >= 0.6 is 11.6 Å². The lowest BCUT2D eigenvalue weighted by molar-refractivity contribution is 0.0210. The van der Waals surface area contributed by atoms with Crippen LogP contribution in [-0.2, 0) is 12.0 Å². The van der Waals surface area contributed by atoms with Crippen LogP contribution in [0, 0.1) is 5.82 Å². The van der Waals surface area contributed by atoms with Crippen LogP contribution < -0.4 is 11.1 Å². The summed E-state index contributed by atoms with van der Waals surface area (Å²) in [7, 11) is 3.07. The highest BCUT2D eigenvalue weighted by Crippen LogP contribution is 2.55. The summed E-state index contributed by atoms with van der Waals surface area (Å²) >= 11 is 6.92. The number of fused-ring (bicyclic) bond motifs is 2. The van der Waals surface area contributed by atoms with E-state index in [1.165, 1.54) is 43.7 Å². The molecule has 34 heavy (non-hydrogen) atoms. The van der Waals surface area contributed by atoms with Crippen molar-refractivity contribution < 1.29 is 14.3 Å². The average Bonchev–Trinajstić information content (AvgIpc) is 3.50. The first-order valence-electron chi connectivity index (χ1n) is 10.9. The van der Waals surface area contributed by atoms with Crippen LogP contribution in [-0.4, -0.2) is 61.9 Å². The Balaban J connectivity index is 1.56. The van der Waals surface area contributed by atoms with Crippen LogP contribution in [0.15, 0.2) is 31.0 Å². The standard InChI is InChI=1S/C23H25ClFN7O2/c1-31(2)21(33)16-15(26)4-3-13(19(16)25)14-7-28-20-17(18(14)24)22(9-29-20)5-6-23(34,8-22)10-32-12-27-11-30-32/h3-4,7,11-12,34H,5-6,8-10,26H2,1-2H3,(H,28,29). The first kappa shape index (κ1) is 22.5. The second-order valence-corrected chi connectivity index (χ2v) is 9.81. The highest BCUT2D eigenvalue weighted by Gasteiger charge is 2.53. The van der Waals surface area contributed by atoms with Gasteiger partial charge in [-0.15, -0.1) is 0 Å². The summed E-state index contributed by atoms with van der Waals surface area (Å²) in [5.41, 5.74) is 5.62. The van der Waals surface area contributed by atoms with Gasteiger partial charge in [0.05, 0.1) is 22.7 Å². The summed E-state index contributed by atoms with van der Waals surface area (Å²) in [5, 5.41) is 19.1. The first-order chi connectivity index (χ1) is 16.1. The lowest BCUT2D eigenvalue weighted by atomic mass is 9.79. The quantitative estimate of drug-likeness (QED) is 0.485. The van der Waals surface area contributed by atoms with Crippen LogP contribution in [0.5, 0.6) is 0 Å². The van der Waals surface area contributed by atoms with Crippen molar-refractivity contribution in [1.82, 2.24) is 24.6 Å². The molecule has 1 amide bonds. The molecule has 0 bridgehead atoms. The number of hydrogen-bond acceptors (Lipinski definition) is 7. The topological polar surface area (TPSA) is 122 Å². The number of aromatic nitrogens is 4. The molecule has 9 nitrogen and oxygen atoms in total. The van der Waals surface area contributed by atoms with Gasteiger partial charge in [0.15, 0.2) is 0 Å². The van der Waals surface area contributed by atoms with E-state index < -0.39 is 22.7 Å². The molecule has 3 aromatic rings. The minimum atomic E-state index is -0.992. The van der Waals surface area contributed by atoms with Crippen molar-refractivity contribution in [2.45, 2.75) is 36.8 Å². The number of nitrogen functional groups attached to an aromatic ring is 1. The first-order valence-corrected chi connectivity index (χ1v) is 11.3. The van der Waals surface area contributed by atoms with Crippen molar-refractivity contribution in [3.05, 3.63) is 53.0 Å². The van der Waals surface area contributed by atoms with Crippen molar-refractivity contribution >= 4 is 29.0 Å². The molecule has 4 N–H and O–H groups in total. The number of halogens is 2. The van der Waals surface area contributed by atoms with Gasteiger partial charge in [-0.3, -0.25) is 9.48 Å². The van der Waals surface area contributed by atoms with Gasteiger partial charge in [0.2, 0.25) is 0 Å². The van der Waals surface area contributed by atoms with Crippen molar-refractivity contribution in [3.8, 4) is 11.1 Å². The van der Waals surface area contributed by atoms with Crippen LogP contribution in [0.3, 0.4) is 0 Å². The third kappa shape index (κ3) is 3.48. The SMILES string of the molecule is CN(C)C(=O)c1c(N)ccc(-c2cnc3c(c2Cl)C2(CCC(O)(Cn4cncn4)C2)CN3)c1F. The van der Waals surface area contributed by atoms with E-state index in [9.17, 15) is 9.90 Å². The third-order valence-corrected chi connectivity index (χ3v) is 7.28. The fraction of sp³-hybridized carbons (Fsp3) is 0.391. The number of nitrogens with two attached hydrogens (primary N) is 1. The summed E-state index contributed by atoms with van der Waals surface area (Å²) in [6.07, 6.45) is 6.18. The molecular formula is C23H25ClFN7O2. The predicted octanol–water partition coefficient (Wildman–Crippen LogP) is 2.70. The maximum Gasteiger partial charge on any atom is 0.258 e. The maximum atomic E-state index is 15.6. The van der Waals surface area contributed by atoms with Gasteiger partial charge >= 0.3 is 0 Å². The minimum absolute atomic E-state index is 0.0531. The maximum absolute atomic E-state index is 15.6. The summed E-state index contributed by atoms with van der Waals surface area (Å²) in [6.45, 7) is 0.879. The number of hydrogen-bond donors (Lipinski definition) is 3. The Labute approximate surface area is 200 Å². The number of rotatable bonds is 4. The Kier molecular flexibility index (Phi) is 5.25. The third-order valence-electron chi connectivity index (χ3n) is 6.88. The van der Waals surface area contributed by atoms with Gasteiger partial charge in [0.1, 0.15) is 24.3 Å². The molecule has 1 saturated carbocycles. The molecule has 2 aromatic heterocycles. The molecule has 1 fully saturated rings. The van der Waals surface area contributed by atoms with Crippen LogP contribution in [0.25, 0.3) is 11.1 Å². The van der Waals surface area contributed by atoms with Crippen LogP contribution in [0.4, 0.5) is 15.9 Å². The fourth-order valence-corrected chi connectivity index (χ4v) is 5.71. The van der Waals surface area contributed by atoms with E-state index in [4.69, 9.17) is 17.3 Å². The number of aliphatic hydroxyl groups is 1. The molecule has 11 heteroatoms. The highest BCUT2D eigenvalue weighted by molar-refractivity contribution is 6.34. The zero-order valence-electron chi connectivity index (χ0n) is 18.8. The Bertz CT molecular complexity index is 1280. The van der Waals surface area contributed by atoms with Crippen LogP contribution in [0.1, 0.15) is 35.2 Å². The van der Waals surface area contributed by atoms with E-state index in [0.717, 1.165) is 5.56 Å². The normalized spacial score (nSPS) is 23.2. The molecule has 2 aliphatic rings. The van der Waals surface area contributed by atoms with Crippen molar-refractivity contribution in [1.29, 1.82) is 0 Å². The molecule has 1 aromatic carbocycles. The number of pyridine rings is 1. The lowest BCUT2D eigenvalue weighted by Crippen LogP contribution is -2.35. The minimum Gasteiger partial charge on any atom is -0.398 e. The average molecular weight is 486 g/mol. The van der Waals surface area contributed by atoms with E-state index in [0.29, 0.717) is 48.8 Å². The molecule has 0 saturated heterocycles. The summed E-state index contributed by atoms with van der Waals surface area (Å²) in [6, 6.07) is 3.01. The molecule has 3 heterocycles. The van der Waals surface area contributed by atoms with Gasteiger partial charge in [-0.1, -0.05) is 11.6 Å². The smallest absolute Gasteiger partial charge is 0.258 e. The Morgan fingerprint density at radius 3 is 2.85 bits per heavy atom. The molecule has 2 atom stereocenters. The summed E-state index contributed by atoms with van der Waals surface area (Å²) < 4.78 is 17.2. The van der Waals surface area contributed by atoms with Gasteiger partial charge in [-0.25, -0.2) is 14.4 Å². The second-order valence-electron chi connectivity index (χ2n) is 9.43. The monoisotopic (exact) mass is 485 g/mol. The summed E-state index contributed by atoms with van der Waals surface area (Å²) in [4.78, 5) is 22.3. The van der Waals surface area contributed by atoms with E-state index in [-0.39, 0.29) is 16.8 Å². The number of nitrogens with one attached hydrogen (secondary N) is 1. The number of amides is 1. The van der Waals surface area contributed by atoms with Gasteiger partial charge < -0.3 is 21.1 Å². The molecule has 5 rings (SSSR count). The van der Waals surface area contributed by atoms with Crippen molar-refractivity contribution in [3.63, 3.8) is 0 Å². The fourth-order valence-electron chi connectivity index (χ4n) is 5.27. The van der Waals surface area contributed by atoms with Gasteiger partial charge in [-0.2, -0.15) is 5.10 Å². The zero-order valence-corrected chi connectivity index (χ0v) is 19.6. The lowest BCUT2D eigenvalue weighted by Gasteiger charge is -2.28. The number of carbonyl (C=O) groups excluding carboxylic acids is 1. The van der Waals surface area contributed by atoms with Crippen LogP contribution in [0.2, 0.25) is 5.02 Å². The number of carbonyl (C=O) groups is 1. The van der Waals surface area contributed by atoms with E-state index in [1.807, 2.05) is 0 Å². The molecular weight excluding hydrogens is 461 g/mol. The van der Waals surface area contributed by atoms with E-state index in [2.05, 4.69) is 20.4 Å². The Morgan fingerprint density at radius 1 is 1.35 bits per heavy atom. The van der Waals surface area contributed by atoms with Gasteiger partial charge in [-0.05, 0) is 31.4 Å². The largest absolute Gasteiger partial charge is 0.398 e. The molecule has 2 unspecified atom stereocenters. The highest BCUT2D eigenvalue weighted by atomic mass is 35.5. The number of benzene rings is 1.